The van der Waals surface area contributed by atoms with E-state index in [2.05, 4.69) is 43.3 Å². The summed E-state index contributed by atoms with van der Waals surface area (Å²) in [6.07, 6.45) is 9.09. The van der Waals surface area contributed by atoms with E-state index in [1.54, 1.807) is 6.33 Å². The van der Waals surface area contributed by atoms with Crippen LogP contribution >= 0.6 is 0 Å². The Morgan fingerprint density at radius 1 is 1.17 bits per heavy atom. The van der Waals surface area contributed by atoms with Crippen molar-refractivity contribution in [2.45, 2.75) is 38.8 Å². The fourth-order valence-corrected chi connectivity index (χ4v) is 3.77. The molecule has 0 bridgehead atoms. The summed E-state index contributed by atoms with van der Waals surface area (Å²) >= 11 is 0. The van der Waals surface area contributed by atoms with Crippen molar-refractivity contribution in [1.82, 2.24) is 24.4 Å². The van der Waals surface area contributed by atoms with E-state index in [-0.39, 0.29) is 0 Å². The molecule has 0 unspecified atom stereocenters. The standard InChI is InChI=1S/C17H24N6/c1-13-10-23(17-14-4-3-5-15(14)19-12-20-17)9-8-22(13)11-16-18-6-7-21(16)2/h6-7,12-13H,3-5,8-11H2,1-2H3/t13-/m1/s1. The lowest BCUT2D eigenvalue weighted by molar-refractivity contribution is 0.174. The van der Waals surface area contributed by atoms with Crippen molar-refractivity contribution in [1.29, 1.82) is 0 Å². The van der Waals surface area contributed by atoms with Crippen molar-refractivity contribution in [2.75, 3.05) is 24.5 Å². The maximum absolute atomic E-state index is 4.60. The van der Waals surface area contributed by atoms with E-state index < -0.39 is 0 Å². The highest BCUT2D eigenvalue weighted by Crippen LogP contribution is 2.29. The number of anilines is 1. The first-order valence-electron chi connectivity index (χ1n) is 8.50. The molecule has 0 amide bonds. The highest BCUT2D eigenvalue weighted by atomic mass is 15.3. The molecule has 0 saturated carbocycles. The van der Waals surface area contributed by atoms with E-state index in [0.717, 1.165) is 44.8 Å². The van der Waals surface area contributed by atoms with E-state index >= 15 is 0 Å². The number of nitrogens with zero attached hydrogens (tertiary/aromatic N) is 6. The first-order valence-corrected chi connectivity index (χ1v) is 8.50. The van der Waals surface area contributed by atoms with Gasteiger partial charge in [-0.05, 0) is 26.2 Å². The van der Waals surface area contributed by atoms with Crippen molar-refractivity contribution in [3.63, 3.8) is 0 Å². The average molecular weight is 312 g/mol. The normalized spacial score (nSPS) is 21.7. The lowest BCUT2D eigenvalue weighted by Crippen LogP contribution is -2.52. The van der Waals surface area contributed by atoms with Crippen molar-refractivity contribution < 1.29 is 0 Å². The number of imidazole rings is 1. The van der Waals surface area contributed by atoms with Crippen LogP contribution in [0.4, 0.5) is 5.82 Å². The molecule has 2 aromatic heterocycles. The van der Waals surface area contributed by atoms with Gasteiger partial charge >= 0.3 is 0 Å². The molecule has 6 heteroatoms. The zero-order valence-corrected chi connectivity index (χ0v) is 13.9. The van der Waals surface area contributed by atoms with Crippen LogP contribution in [-0.2, 0) is 26.4 Å². The Bertz CT molecular complexity index is 694. The minimum absolute atomic E-state index is 0.493. The summed E-state index contributed by atoms with van der Waals surface area (Å²) in [5, 5.41) is 0. The maximum atomic E-state index is 4.60. The van der Waals surface area contributed by atoms with Crippen molar-refractivity contribution in [3.05, 3.63) is 35.8 Å². The second kappa shape index (κ2) is 5.92. The smallest absolute Gasteiger partial charge is 0.135 e. The van der Waals surface area contributed by atoms with Gasteiger partial charge in [0, 0.05) is 56.4 Å². The summed E-state index contributed by atoms with van der Waals surface area (Å²) in [6, 6.07) is 0.493. The van der Waals surface area contributed by atoms with Crippen molar-refractivity contribution >= 4 is 5.82 Å². The summed E-state index contributed by atoms with van der Waals surface area (Å²) in [5.41, 5.74) is 2.65. The molecule has 2 aliphatic rings. The zero-order valence-electron chi connectivity index (χ0n) is 13.9. The van der Waals surface area contributed by atoms with Gasteiger partial charge in [0.25, 0.3) is 0 Å². The topological polar surface area (TPSA) is 50.1 Å². The third kappa shape index (κ3) is 2.72. The van der Waals surface area contributed by atoms with Gasteiger partial charge in [-0.1, -0.05) is 0 Å². The molecule has 6 nitrogen and oxygen atoms in total. The van der Waals surface area contributed by atoms with Gasteiger partial charge in [-0.15, -0.1) is 0 Å². The number of rotatable bonds is 3. The molecule has 23 heavy (non-hydrogen) atoms. The van der Waals surface area contributed by atoms with Gasteiger partial charge in [0.05, 0.1) is 6.54 Å². The number of hydrogen-bond acceptors (Lipinski definition) is 5. The van der Waals surface area contributed by atoms with Gasteiger partial charge in [-0.2, -0.15) is 0 Å². The first kappa shape index (κ1) is 14.6. The van der Waals surface area contributed by atoms with E-state index in [1.807, 2.05) is 12.4 Å². The van der Waals surface area contributed by atoms with Gasteiger partial charge in [-0.3, -0.25) is 4.90 Å². The molecular formula is C17H24N6. The lowest BCUT2D eigenvalue weighted by Gasteiger charge is -2.40. The lowest BCUT2D eigenvalue weighted by atomic mass is 10.1. The molecule has 0 N–H and O–H groups in total. The first-order chi connectivity index (χ1) is 11.2. The summed E-state index contributed by atoms with van der Waals surface area (Å²) in [7, 11) is 2.06. The van der Waals surface area contributed by atoms with Crippen LogP contribution in [0.15, 0.2) is 18.7 Å². The summed E-state index contributed by atoms with van der Waals surface area (Å²) < 4.78 is 2.11. The molecule has 2 aromatic rings. The van der Waals surface area contributed by atoms with Crippen LogP contribution in [-0.4, -0.2) is 50.1 Å². The van der Waals surface area contributed by atoms with Crippen LogP contribution in [0.5, 0.6) is 0 Å². The van der Waals surface area contributed by atoms with Crippen LogP contribution in [0.3, 0.4) is 0 Å². The van der Waals surface area contributed by atoms with Gasteiger partial charge in [0.1, 0.15) is 18.0 Å². The average Bonchev–Trinajstić information content (AvgIpc) is 3.18. The van der Waals surface area contributed by atoms with E-state index in [0.29, 0.717) is 6.04 Å². The molecule has 0 spiro atoms. The Hall–Kier alpha value is -1.95. The number of hydrogen-bond donors (Lipinski definition) is 0. The maximum Gasteiger partial charge on any atom is 0.135 e. The van der Waals surface area contributed by atoms with Crippen LogP contribution in [0.2, 0.25) is 0 Å². The molecule has 4 rings (SSSR count). The second-order valence-electron chi connectivity index (χ2n) is 6.70. The number of fused-ring (bicyclic) bond motifs is 1. The van der Waals surface area contributed by atoms with Crippen LogP contribution in [0.1, 0.15) is 30.4 Å². The van der Waals surface area contributed by atoms with Gasteiger partial charge < -0.3 is 9.47 Å². The molecule has 1 saturated heterocycles. The predicted molar refractivity (Wildman–Crippen MR) is 89.4 cm³/mol. The summed E-state index contributed by atoms with van der Waals surface area (Å²) in [4.78, 5) is 18.5. The van der Waals surface area contributed by atoms with Crippen molar-refractivity contribution in [3.8, 4) is 0 Å². The van der Waals surface area contributed by atoms with Crippen LogP contribution < -0.4 is 4.90 Å². The molecule has 1 aliphatic heterocycles. The Labute approximate surface area is 137 Å². The Balaban J connectivity index is 1.47. The number of aryl methyl sites for hydroxylation is 2. The molecule has 1 fully saturated rings. The molecule has 1 aliphatic carbocycles. The summed E-state index contributed by atoms with van der Waals surface area (Å²) in [5.74, 6) is 2.31. The number of aromatic nitrogens is 4. The Kier molecular flexibility index (Phi) is 3.77. The monoisotopic (exact) mass is 312 g/mol. The van der Waals surface area contributed by atoms with Gasteiger partial charge in [0.15, 0.2) is 0 Å². The third-order valence-electron chi connectivity index (χ3n) is 5.18. The van der Waals surface area contributed by atoms with E-state index in [4.69, 9.17) is 0 Å². The number of piperazine rings is 1. The largest absolute Gasteiger partial charge is 0.353 e. The SMILES string of the molecule is C[C@@H]1CN(c2ncnc3c2CCC3)CCN1Cc1nccn1C. The fraction of sp³-hybridized carbons (Fsp3) is 0.588. The molecule has 122 valence electrons. The zero-order chi connectivity index (χ0) is 15.8. The highest BCUT2D eigenvalue weighted by Gasteiger charge is 2.28. The quantitative estimate of drug-likeness (QED) is 0.858. The Morgan fingerprint density at radius 3 is 2.87 bits per heavy atom. The fourth-order valence-electron chi connectivity index (χ4n) is 3.77. The molecule has 1 atom stereocenters. The predicted octanol–water partition coefficient (Wildman–Crippen LogP) is 1.41. The third-order valence-corrected chi connectivity index (χ3v) is 5.18. The molecular weight excluding hydrogens is 288 g/mol. The van der Waals surface area contributed by atoms with E-state index in [9.17, 15) is 0 Å². The Morgan fingerprint density at radius 2 is 2.09 bits per heavy atom. The molecule has 3 heterocycles. The van der Waals surface area contributed by atoms with Crippen LogP contribution in [0, 0.1) is 0 Å². The van der Waals surface area contributed by atoms with Crippen LogP contribution in [0.25, 0.3) is 0 Å². The van der Waals surface area contributed by atoms with E-state index in [1.165, 1.54) is 23.5 Å². The van der Waals surface area contributed by atoms with Gasteiger partial charge in [-0.25, -0.2) is 15.0 Å². The minimum Gasteiger partial charge on any atom is -0.353 e. The van der Waals surface area contributed by atoms with Crippen molar-refractivity contribution in [2.24, 2.45) is 7.05 Å². The second-order valence-corrected chi connectivity index (χ2v) is 6.70. The van der Waals surface area contributed by atoms with Gasteiger partial charge in [0.2, 0.25) is 0 Å². The molecule has 0 radical (unpaired) electrons. The summed E-state index contributed by atoms with van der Waals surface area (Å²) in [6.45, 7) is 6.32. The molecule has 0 aromatic carbocycles. The minimum atomic E-state index is 0.493. The highest BCUT2D eigenvalue weighted by molar-refractivity contribution is 5.51.